The minimum atomic E-state index is -1.21. The molecule has 0 spiro atoms. The van der Waals surface area contributed by atoms with Crippen LogP contribution in [-0.4, -0.2) is 30.3 Å². The summed E-state index contributed by atoms with van der Waals surface area (Å²) < 4.78 is 16.9. The van der Waals surface area contributed by atoms with Gasteiger partial charge < -0.3 is 19.5 Å². The third-order valence-electron chi connectivity index (χ3n) is 6.57. The first kappa shape index (κ1) is 26.3. The van der Waals surface area contributed by atoms with Gasteiger partial charge >= 0.3 is 12.1 Å². The van der Waals surface area contributed by atoms with E-state index < -0.39 is 23.2 Å². The lowest BCUT2D eigenvalue weighted by molar-refractivity contribution is -0.149. The highest BCUT2D eigenvalue weighted by Gasteiger charge is 2.44. The van der Waals surface area contributed by atoms with Crippen molar-refractivity contribution in [2.24, 2.45) is 0 Å². The third kappa shape index (κ3) is 6.13. The second kappa shape index (κ2) is 10.7. The van der Waals surface area contributed by atoms with Crippen LogP contribution < -0.4 is 10.1 Å². The fraction of sp³-hybridized carbons (Fsp3) is 0.355. The molecule has 1 amide bonds. The highest BCUT2D eigenvalue weighted by atomic mass is 16.6. The molecule has 1 aliphatic rings. The zero-order valence-corrected chi connectivity index (χ0v) is 22.2. The molecule has 0 heterocycles. The Bertz CT molecular complexity index is 1290. The van der Waals surface area contributed by atoms with Crippen LogP contribution in [0.15, 0.2) is 66.7 Å². The van der Waals surface area contributed by atoms with Gasteiger partial charge in [-0.05, 0) is 80.5 Å². The normalized spacial score (nSPS) is 16.9. The van der Waals surface area contributed by atoms with Crippen molar-refractivity contribution >= 4 is 12.1 Å². The van der Waals surface area contributed by atoms with E-state index in [1.807, 2.05) is 36.4 Å². The maximum Gasteiger partial charge on any atom is 0.408 e. The van der Waals surface area contributed by atoms with E-state index in [4.69, 9.17) is 14.2 Å². The molecule has 0 bridgehead atoms. The smallest absolute Gasteiger partial charge is 0.408 e. The number of fused-ring (bicyclic) bond motifs is 1. The minimum absolute atomic E-state index is 0.283. The lowest BCUT2D eigenvalue weighted by Gasteiger charge is -2.36. The molecule has 0 fully saturated rings. The van der Waals surface area contributed by atoms with Crippen LogP contribution in [-0.2, 0) is 33.5 Å². The summed E-state index contributed by atoms with van der Waals surface area (Å²) in [4.78, 5) is 25.5. The molecule has 1 atom stereocenters. The number of hydrogen-bond donors (Lipinski definition) is 1. The lowest BCUT2D eigenvalue weighted by Crippen LogP contribution is -2.59. The van der Waals surface area contributed by atoms with Crippen molar-refractivity contribution in [3.63, 3.8) is 0 Å². The number of carbonyl (C=O) groups excluding carboxylic acids is 2. The first-order valence-corrected chi connectivity index (χ1v) is 12.7. The topological polar surface area (TPSA) is 73.9 Å². The Morgan fingerprint density at radius 1 is 0.973 bits per heavy atom. The number of carbonyl (C=O) groups is 2. The molecular formula is C31H35NO5. The second-order valence-corrected chi connectivity index (χ2v) is 10.5. The molecule has 0 aromatic heterocycles. The van der Waals surface area contributed by atoms with E-state index in [1.54, 1.807) is 20.8 Å². The van der Waals surface area contributed by atoms with E-state index in [1.165, 1.54) is 12.7 Å². The maximum absolute atomic E-state index is 12.9. The zero-order chi connectivity index (χ0) is 26.6. The van der Waals surface area contributed by atoms with Gasteiger partial charge in [0.25, 0.3) is 0 Å². The molecule has 3 aromatic rings. The van der Waals surface area contributed by atoms with Gasteiger partial charge in [-0.3, -0.25) is 0 Å². The van der Waals surface area contributed by atoms with Crippen LogP contribution >= 0.6 is 0 Å². The van der Waals surface area contributed by atoms with Crippen LogP contribution in [0, 0.1) is 0 Å². The van der Waals surface area contributed by atoms with E-state index in [2.05, 4.69) is 42.6 Å². The van der Waals surface area contributed by atoms with Crippen LogP contribution in [0.4, 0.5) is 4.79 Å². The molecule has 0 aliphatic heterocycles. The number of ether oxygens (including phenoxy) is 3. The summed E-state index contributed by atoms with van der Waals surface area (Å²) in [6.45, 7) is 7.50. The first-order valence-electron chi connectivity index (χ1n) is 12.7. The summed E-state index contributed by atoms with van der Waals surface area (Å²) in [7, 11) is 1.33. The van der Waals surface area contributed by atoms with Crippen molar-refractivity contribution in [2.75, 3.05) is 7.11 Å². The van der Waals surface area contributed by atoms with Crippen LogP contribution in [0.1, 0.15) is 50.8 Å². The SMILES string of the molecule is CCc1cccc(-c2ccccc2Oc2ccc3c(c2)CC(NC(=O)OC(C)(C)C)(C(=O)OC)CC3)c1. The Kier molecular flexibility index (Phi) is 7.58. The predicted molar refractivity (Wildman–Crippen MR) is 144 cm³/mol. The Morgan fingerprint density at radius 3 is 2.49 bits per heavy atom. The summed E-state index contributed by atoms with van der Waals surface area (Å²) in [6.07, 6.45) is 1.63. The van der Waals surface area contributed by atoms with E-state index in [9.17, 15) is 9.59 Å². The van der Waals surface area contributed by atoms with Crippen LogP contribution in [0.2, 0.25) is 0 Å². The predicted octanol–water partition coefficient (Wildman–Crippen LogP) is 6.63. The maximum atomic E-state index is 12.9. The Labute approximate surface area is 218 Å². The van der Waals surface area contributed by atoms with Crippen molar-refractivity contribution in [1.29, 1.82) is 0 Å². The van der Waals surface area contributed by atoms with E-state index >= 15 is 0 Å². The number of methoxy groups -OCH3 is 1. The van der Waals surface area contributed by atoms with Gasteiger partial charge in [-0.2, -0.15) is 0 Å². The summed E-state index contributed by atoms with van der Waals surface area (Å²) in [6, 6.07) is 22.3. The van der Waals surface area contributed by atoms with Crippen molar-refractivity contribution in [2.45, 2.75) is 64.5 Å². The summed E-state index contributed by atoms with van der Waals surface area (Å²) in [5, 5.41) is 2.81. The molecule has 1 unspecified atom stereocenters. The van der Waals surface area contributed by atoms with Gasteiger partial charge in [0.15, 0.2) is 0 Å². The molecule has 194 valence electrons. The number of esters is 1. The number of aryl methyl sites for hydroxylation is 2. The number of amides is 1. The minimum Gasteiger partial charge on any atom is -0.467 e. The van der Waals surface area contributed by atoms with E-state index in [0.29, 0.717) is 18.6 Å². The first-order chi connectivity index (χ1) is 17.6. The number of benzene rings is 3. The van der Waals surface area contributed by atoms with Crippen molar-refractivity contribution < 1.29 is 23.8 Å². The van der Waals surface area contributed by atoms with E-state index in [-0.39, 0.29) is 6.42 Å². The molecule has 4 rings (SSSR count). The molecule has 6 heteroatoms. The highest BCUT2D eigenvalue weighted by molar-refractivity contribution is 5.86. The molecular weight excluding hydrogens is 466 g/mol. The molecule has 6 nitrogen and oxygen atoms in total. The summed E-state index contributed by atoms with van der Waals surface area (Å²) in [5.41, 5.74) is 3.51. The third-order valence-corrected chi connectivity index (χ3v) is 6.57. The number of para-hydroxylation sites is 1. The van der Waals surface area contributed by atoms with Gasteiger partial charge in [-0.25, -0.2) is 9.59 Å². The molecule has 0 saturated carbocycles. The molecule has 1 N–H and O–H groups in total. The van der Waals surface area contributed by atoms with Gasteiger partial charge in [-0.1, -0.05) is 55.5 Å². The Morgan fingerprint density at radius 2 is 1.76 bits per heavy atom. The lowest BCUT2D eigenvalue weighted by atomic mass is 9.78. The van der Waals surface area contributed by atoms with E-state index in [0.717, 1.165) is 34.4 Å². The standard InChI is InChI=1S/C31H35NO5/c1-6-21-10-9-11-23(18-21)26-12-7-8-13-27(26)36-25-15-14-22-16-17-31(28(33)35-5,20-24(22)19-25)32-29(34)37-30(2,3)4/h7-15,18-19H,6,16-17,20H2,1-5H3,(H,32,34). The quantitative estimate of drug-likeness (QED) is 0.384. The highest BCUT2D eigenvalue weighted by Crippen LogP contribution is 2.37. The molecule has 1 aliphatic carbocycles. The fourth-order valence-corrected chi connectivity index (χ4v) is 4.74. The monoisotopic (exact) mass is 501 g/mol. The second-order valence-electron chi connectivity index (χ2n) is 10.5. The number of alkyl carbamates (subject to hydrolysis) is 1. The van der Waals surface area contributed by atoms with Gasteiger partial charge in [0.1, 0.15) is 22.6 Å². The Balaban J connectivity index is 1.62. The van der Waals surface area contributed by atoms with Gasteiger partial charge in [0.05, 0.1) is 7.11 Å². The van der Waals surface area contributed by atoms with Gasteiger partial charge in [-0.15, -0.1) is 0 Å². The van der Waals surface area contributed by atoms with Crippen LogP contribution in [0.5, 0.6) is 11.5 Å². The van der Waals surface area contributed by atoms with Crippen molar-refractivity contribution in [1.82, 2.24) is 5.32 Å². The van der Waals surface area contributed by atoms with Gasteiger partial charge in [0.2, 0.25) is 0 Å². The number of rotatable bonds is 6. The molecule has 3 aromatic carbocycles. The van der Waals surface area contributed by atoms with Crippen LogP contribution in [0.25, 0.3) is 11.1 Å². The fourth-order valence-electron chi connectivity index (χ4n) is 4.74. The van der Waals surface area contributed by atoms with Crippen molar-refractivity contribution in [3.05, 3.63) is 83.4 Å². The average Bonchev–Trinajstić information content (AvgIpc) is 2.87. The van der Waals surface area contributed by atoms with Crippen LogP contribution in [0.3, 0.4) is 0 Å². The summed E-state index contributed by atoms with van der Waals surface area (Å²) in [5.74, 6) is 0.921. The largest absolute Gasteiger partial charge is 0.467 e. The number of hydrogen-bond acceptors (Lipinski definition) is 5. The average molecular weight is 502 g/mol. The number of nitrogens with one attached hydrogen (secondary N) is 1. The van der Waals surface area contributed by atoms with Crippen molar-refractivity contribution in [3.8, 4) is 22.6 Å². The molecule has 37 heavy (non-hydrogen) atoms. The van der Waals surface area contributed by atoms with Gasteiger partial charge in [0, 0.05) is 12.0 Å². The Hall–Kier alpha value is -3.80. The zero-order valence-electron chi connectivity index (χ0n) is 22.2. The molecule has 0 saturated heterocycles. The molecule has 0 radical (unpaired) electrons. The summed E-state index contributed by atoms with van der Waals surface area (Å²) >= 11 is 0.